The van der Waals surface area contributed by atoms with Crippen molar-refractivity contribution in [3.63, 3.8) is 0 Å². The molecular weight excluding hydrogens is 429 g/mol. The summed E-state index contributed by atoms with van der Waals surface area (Å²) in [5, 5.41) is 3.42. The van der Waals surface area contributed by atoms with Gasteiger partial charge in [-0.25, -0.2) is 0 Å². The first-order valence-electron chi connectivity index (χ1n) is 6.57. The second-order valence-electron chi connectivity index (χ2n) is 4.85. The third-order valence-corrected chi connectivity index (χ3v) is 5.00. The van der Waals surface area contributed by atoms with Crippen LogP contribution in [0.5, 0.6) is 5.75 Å². The SMILES string of the molecule is CNC(c1ccc2c(c1)CCO2)c1cc(I)ccc1Br. The Hall–Kier alpha value is -0.590. The highest BCUT2D eigenvalue weighted by molar-refractivity contribution is 14.1. The molecule has 4 heteroatoms. The summed E-state index contributed by atoms with van der Waals surface area (Å²) in [6.45, 7) is 0.802. The second-order valence-corrected chi connectivity index (χ2v) is 6.95. The van der Waals surface area contributed by atoms with Crippen molar-refractivity contribution in [1.82, 2.24) is 5.32 Å². The first-order valence-corrected chi connectivity index (χ1v) is 8.44. The Kier molecular flexibility index (Phi) is 4.33. The summed E-state index contributed by atoms with van der Waals surface area (Å²) in [7, 11) is 2.00. The van der Waals surface area contributed by atoms with E-state index in [0.717, 1.165) is 23.2 Å². The Morgan fingerprint density at radius 3 is 2.90 bits per heavy atom. The first kappa shape index (κ1) is 14.4. The zero-order valence-electron chi connectivity index (χ0n) is 11.1. The van der Waals surface area contributed by atoms with Crippen molar-refractivity contribution >= 4 is 38.5 Å². The first-order chi connectivity index (χ1) is 9.69. The van der Waals surface area contributed by atoms with Crippen LogP contribution in [-0.4, -0.2) is 13.7 Å². The van der Waals surface area contributed by atoms with E-state index in [1.807, 2.05) is 7.05 Å². The molecule has 1 aliphatic rings. The van der Waals surface area contributed by atoms with Gasteiger partial charge in [0.2, 0.25) is 0 Å². The standard InChI is InChI=1S/C16H15BrINO/c1-19-16(13-9-12(18)3-4-14(13)17)11-2-5-15-10(8-11)6-7-20-15/h2-5,8-9,16,19H,6-7H2,1H3. The number of nitrogens with one attached hydrogen (secondary N) is 1. The Labute approximate surface area is 141 Å². The van der Waals surface area contributed by atoms with Gasteiger partial charge in [0.1, 0.15) is 5.75 Å². The highest BCUT2D eigenvalue weighted by atomic mass is 127. The molecule has 0 aliphatic carbocycles. The van der Waals surface area contributed by atoms with Crippen LogP contribution in [0.25, 0.3) is 0 Å². The average molecular weight is 444 g/mol. The van der Waals surface area contributed by atoms with Crippen LogP contribution in [0.4, 0.5) is 0 Å². The molecule has 0 fully saturated rings. The molecule has 1 N–H and O–H groups in total. The normalized spacial score (nSPS) is 14.8. The largest absolute Gasteiger partial charge is 0.493 e. The average Bonchev–Trinajstić information content (AvgIpc) is 2.91. The van der Waals surface area contributed by atoms with E-state index in [9.17, 15) is 0 Å². The van der Waals surface area contributed by atoms with Crippen molar-refractivity contribution in [3.8, 4) is 5.75 Å². The topological polar surface area (TPSA) is 21.3 Å². The Bertz CT molecular complexity index is 644. The number of fused-ring (bicyclic) bond motifs is 1. The lowest BCUT2D eigenvalue weighted by Crippen LogP contribution is -2.18. The van der Waals surface area contributed by atoms with Crippen LogP contribution in [-0.2, 0) is 6.42 Å². The number of hydrogen-bond acceptors (Lipinski definition) is 2. The van der Waals surface area contributed by atoms with Gasteiger partial charge < -0.3 is 10.1 Å². The minimum absolute atomic E-state index is 0.185. The quantitative estimate of drug-likeness (QED) is 0.714. The van der Waals surface area contributed by atoms with Crippen molar-refractivity contribution < 1.29 is 4.74 Å². The monoisotopic (exact) mass is 443 g/mol. The van der Waals surface area contributed by atoms with Crippen LogP contribution in [0.3, 0.4) is 0 Å². The van der Waals surface area contributed by atoms with E-state index >= 15 is 0 Å². The molecule has 0 amide bonds. The van der Waals surface area contributed by atoms with Gasteiger partial charge in [-0.1, -0.05) is 28.1 Å². The van der Waals surface area contributed by atoms with Gasteiger partial charge in [0.15, 0.2) is 0 Å². The van der Waals surface area contributed by atoms with Gasteiger partial charge >= 0.3 is 0 Å². The van der Waals surface area contributed by atoms with Gasteiger partial charge in [0, 0.05) is 14.5 Å². The van der Waals surface area contributed by atoms with E-state index in [1.54, 1.807) is 0 Å². The van der Waals surface area contributed by atoms with E-state index in [2.05, 4.69) is 80.2 Å². The van der Waals surface area contributed by atoms with Gasteiger partial charge in [-0.15, -0.1) is 0 Å². The fourth-order valence-corrected chi connectivity index (χ4v) is 3.61. The van der Waals surface area contributed by atoms with E-state index < -0.39 is 0 Å². The molecule has 2 aromatic rings. The molecule has 0 saturated carbocycles. The molecule has 0 bridgehead atoms. The number of halogens is 2. The number of hydrogen-bond donors (Lipinski definition) is 1. The molecule has 1 heterocycles. The van der Waals surface area contributed by atoms with Crippen LogP contribution < -0.4 is 10.1 Å². The lowest BCUT2D eigenvalue weighted by Gasteiger charge is -2.20. The lowest BCUT2D eigenvalue weighted by molar-refractivity contribution is 0.357. The Morgan fingerprint density at radius 2 is 2.10 bits per heavy atom. The van der Waals surface area contributed by atoms with E-state index in [1.165, 1.54) is 20.3 Å². The third-order valence-electron chi connectivity index (χ3n) is 3.60. The minimum Gasteiger partial charge on any atom is -0.493 e. The zero-order chi connectivity index (χ0) is 14.1. The molecule has 20 heavy (non-hydrogen) atoms. The molecule has 104 valence electrons. The van der Waals surface area contributed by atoms with E-state index in [4.69, 9.17) is 4.74 Å². The third kappa shape index (κ3) is 2.73. The van der Waals surface area contributed by atoms with Crippen molar-refractivity contribution in [2.75, 3.05) is 13.7 Å². The number of benzene rings is 2. The fraction of sp³-hybridized carbons (Fsp3) is 0.250. The maximum Gasteiger partial charge on any atom is 0.122 e. The molecule has 0 spiro atoms. The number of rotatable bonds is 3. The minimum atomic E-state index is 0.185. The summed E-state index contributed by atoms with van der Waals surface area (Å²) in [4.78, 5) is 0. The van der Waals surface area contributed by atoms with Crippen molar-refractivity contribution in [2.45, 2.75) is 12.5 Å². The van der Waals surface area contributed by atoms with Crippen molar-refractivity contribution in [3.05, 3.63) is 61.1 Å². The predicted octanol–water partition coefficient (Wildman–Crippen LogP) is 4.30. The molecule has 1 unspecified atom stereocenters. The fourth-order valence-electron chi connectivity index (χ4n) is 2.62. The highest BCUT2D eigenvalue weighted by Crippen LogP contribution is 2.33. The summed E-state index contributed by atoms with van der Waals surface area (Å²) >= 11 is 6.02. The van der Waals surface area contributed by atoms with Gasteiger partial charge in [-0.3, -0.25) is 0 Å². The molecule has 2 nitrogen and oxygen atoms in total. The van der Waals surface area contributed by atoms with Crippen LogP contribution in [0.2, 0.25) is 0 Å². The Balaban J connectivity index is 2.03. The molecule has 0 radical (unpaired) electrons. The maximum absolute atomic E-state index is 5.58. The Morgan fingerprint density at radius 1 is 1.25 bits per heavy atom. The molecular formula is C16H15BrINO. The molecule has 1 atom stereocenters. The molecule has 2 aromatic carbocycles. The summed E-state index contributed by atoms with van der Waals surface area (Å²) in [5.41, 5.74) is 3.85. The summed E-state index contributed by atoms with van der Waals surface area (Å²) in [6.07, 6.45) is 1.01. The summed E-state index contributed by atoms with van der Waals surface area (Å²) < 4.78 is 7.96. The highest BCUT2D eigenvalue weighted by Gasteiger charge is 2.19. The summed E-state index contributed by atoms with van der Waals surface area (Å²) in [6, 6.07) is 13.1. The second kappa shape index (κ2) is 6.03. The van der Waals surface area contributed by atoms with Crippen molar-refractivity contribution in [2.24, 2.45) is 0 Å². The van der Waals surface area contributed by atoms with Gasteiger partial charge in [0.25, 0.3) is 0 Å². The molecule has 1 aliphatic heterocycles. The van der Waals surface area contributed by atoms with Gasteiger partial charge in [-0.2, -0.15) is 0 Å². The predicted molar refractivity (Wildman–Crippen MR) is 93.4 cm³/mol. The van der Waals surface area contributed by atoms with Crippen LogP contribution in [0.15, 0.2) is 40.9 Å². The molecule has 0 aromatic heterocycles. The lowest BCUT2D eigenvalue weighted by atomic mass is 9.96. The summed E-state index contributed by atoms with van der Waals surface area (Å²) in [5.74, 6) is 1.03. The van der Waals surface area contributed by atoms with Gasteiger partial charge in [-0.05, 0) is 70.6 Å². The van der Waals surface area contributed by atoms with E-state index in [-0.39, 0.29) is 6.04 Å². The zero-order valence-corrected chi connectivity index (χ0v) is 14.9. The van der Waals surface area contributed by atoms with E-state index in [0.29, 0.717) is 0 Å². The number of ether oxygens (including phenoxy) is 1. The molecule has 0 saturated heterocycles. The van der Waals surface area contributed by atoms with Gasteiger partial charge in [0.05, 0.1) is 12.6 Å². The van der Waals surface area contributed by atoms with Crippen LogP contribution in [0, 0.1) is 3.57 Å². The molecule has 3 rings (SSSR count). The van der Waals surface area contributed by atoms with Crippen LogP contribution >= 0.6 is 38.5 Å². The van der Waals surface area contributed by atoms with Crippen LogP contribution in [0.1, 0.15) is 22.7 Å². The maximum atomic E-state index is 5.58. The smallest absolute Gasteiger partial charge is 0.122 e. The van der Waals surface area contributed by atoms with Crippen molar-refractivity contribution in [1.29, 1.82) is 0 Å².